The number of para-hydroxylation sites is 1. The van der Waals surface area contributed by atoms with Gasteiger partial charge in [-0.2, -0.15) is 0 Å². The SMILES string of the molecule is CC(C)(CC(=O)N[C@@H]1CCc2ccccc2N(Cc2ccc(-c3ccccc3-c3nnnn3CC(=O)O)cc2)C1=O)NCCN. The molecule has 45 heavy (non-hydrogen) atoms. The number of aromatic nitrogens is 4. The number of anilines is 1. The van der Waals surface area contributed by atoms with Gasteiger partial charge in [-0.1, -0.05) is 66.7 Å². The molecule has 1 aromatic heterocycles. The minimum absolute atomic E-state index is 0.152. The molecule has 0 radical (unpaired) electrons. The first-order chi connectivity index (χ1) is 21.6. The lowest BCUT2D eigenvalue weighted by molar-refractivity contribution is -0.138. The summed E-state index contributed by atoms with van der Waals surface area (Å²) in [6.45, 7) is 4.92. The Bertz CT molecular complexity index is 1670. The molecule has 1 atom stereocenters. The first-order valence-corrected chi connectivity index (χ1v) is 15.0. The van der Waals surface area contributed by atoms with Crippen molar-refractivity contribution in [1.29, 1.82) is 0 Å². The van der Waals surface area contributed by atoms with Gasteiger partial charge in [0.25, 0.3) is 0 Å². The molecule has 12 heteroatoms. The molecule has 2 heterocycles. The average molecular weight is 611 g/mol. The van der Waals surface area contributed by atoms with Gasteiger partial charge < -0.3 is 26.4 Å². The van der Waals surface area contributed by atoms with E-state index in [1.807, 2.05) is 86.6 Å². The number of carbonyl (C=O) groups excluding carboxylic acids is 2. The summed E-state index contributed by atoms with van der Waals surface area (Å²) >= 11 is 0. The summed E-state index contributed by atoms with van der Waals surface area (Å²) in [7, 11) is 0. The smallest absolute Gasteiger partial charge is 0.325 e. The fourth-order valence-electron chi connectivity index (χ4n) is 5.67. The Morgan fingerprint density at radius 2 is 1.73 bits per heavy atom. The largest absolute Gasteiger partial charge is 0.480 e. The van der Waals surface area contributed by atoms with Gasteiger partial charge in [-0.3, -0.25) is 14.4 Å². The van der Waals surface area contributed by atoms with Crippen LogP contribution in [0.15, 0.2) is 72.8 Å². The molecule has 4 aromatic rings. The fourth-order valence-corrected chi connectivity index (χ4v) is 5.67. The van der Waals surface area contributed by atoms with Crippen molar-refractivity contribution in [3.8, 4) is 22.5 Å². The summed E-state index contributed by atoms with van der Waals surface area (Å²) in [5.74, 6) is -1.03. The molecule has 0 aliphatic carbocycles. The Morgan fingerprint density at radius 1 is 1.02 bits per heavy atom. The summed E-state index contributed by atoms with van der Waals surface area (Å²) in [6.07, 6.45) is 1.39. The number of nitrogens with two attached hydrogens (primary N) is 1. The second-order valence-corrected chi connectivity index (χ2v) is 11.8. The molecule has 0 bridgehead atoms. The third kappa shape index (κ3) is 7.59. The monoisotopic (exact) mass is 610 g/mol. The van der Waals surface area contributed by atoms with Crippen LogP contribution < -0.4 is 21.3 Å². The topological polar surface area (TPSA) is 168 Å². The van der Waals surface area contributed by atoms with Crippen molar-refractivity contribution in [2.24, 2.45) is 5.73 Å². The van der Waals surface area contributed by atoms with Crippen molar-refractivity contribution in [1.82, 2.24) is 30.8 Å². The van der Waals surface area contributed by atoms with Gasteiger partial charge in [-0.15, -0.1) is 5.10 Å². The van der Waals surface area contributed by atoms with E-state index in [0.717, 1.165) is 27.9 Å². The van der Waals surface area contributed by atoms with Gasteiger partial charge in [0.05, 0.1) is 6.54 Å². The summed E-state index contributed by atoms with van der Waals surface area (Å²) in [5.41, 5.74) is 10.4. The number of aryl methyl sites for hydroxylation is 1. The lowest BCUT2D eigenvalue weighted by Gasteiger charge is -2.29. The van der Waals surface area contributed by atoms with E-state index in [0.29, 0.717) is 43.9 Å². The summed E-state index contributed by atoms with van der Waals surface area (Å²) in [5, 5.41) is 27.1. The highest BCUT2D eigenvalue weighted by Gasteiger charge is 2.32. The van der Waals surface area contributed by atoms with E-state index < -0.39 is 17.6 Å². The van der Waals surface area contributed by atoms with Gasteiger partial charge in [-0.05, 0) is 65.4 Å². The number of benzene rings is 3. The molecule has 234 valence electrons. The Balaban J connectivity index is 1.37. The summed E-state index contributed by atoms with van der Waals surface area (Å²) in [4.78, 5) is 40.1. The molecule has 0 saturated heterocycles. The number of tetrazole rings is 1. The molecule has 0 unspecified atom stereocenters. The Kier molecular flexibility index (Phi) is 9.65. The molecule has 2 amide bonds. The number of rotatable bonds is 12. The van der Waals surface area contributed by atoms with Crippen LogP contribution >= 0.6 is 0 Å². The molecule has 1 aliphatic rings. The van der Waals surface area contributed by atoms with Crippen LogP contribution in [-0.2, 0) is 33.9 Å². The zero-order valence-corrected chi connectivity index (χ0v) is 25.4. The third-order valence-corrected chi connectivity index (χ3v) is 7.83. The second-order valence-electron chi connectivity index (χ2n) is 11.8. The predicted octanol–water partition coefficient (Wildman–Crippen LogP) is 2.77. The second kappa shape index (κ2) is 13.8. The Labute approximate surface area is 261 Å². The summed E-state index contributed by atoms with van der Waals surface area (Å²) in [6, 6.07) is 22.6. The van der Waals surface area contributed by atoms with E-state index >= 15 is 0 Å². The van der Waals surface area contributed by atoms with Crippen LogP contribution in [-0.4, -0.2) is 67.8 Å². The number of carboxylic acid groups (broad SMARTS) is 1. The van der Waals surface area contributed by atoms with E-state index in [4.69, 9.17) is 5.73 Å². The van der Waals surface area contributed by atoms with E-state index in [9.17, 15) is 19.5 Å². The van der Waals surface area contributed by atoms with Crippen molar-refractivity contribution < 1.29 is 19.5 Å². The maximum absolute atomic E-state index is 14.0. The highest BCUT2D eigenvalue weighted by molar-refractivity contribution is 6.00. The average Bonchev–Trinajstić information content (AvgIpc) is 3.43. The number of aliphatic carboxylic acids is 1. The minimum atomic E-state index is -1.04. The number of fused-ring (bicyclic) bond motifs is 1. The number of carbonyl (C=O) groups is 3. The lowest BCUT2D eigenvalue weighted by atomic mass is 9.98. The van der Waals surface area contributed by atoms with Crippen molar-refractivity contribution in [2.45, 2.75) is 57.8 Å². The fraction of sp³-hybridized carbons (Fsp3) is 0.333. The van der Waals surface area contributed by atoms with Crippen LogP contribution in [0.25, 0.3) is 22.5 Å². The number of hydrogen-bond donors (Lipinski definition) is 4. The van der Waals surface area contributed by atoms with Gasteiger partial charge in [0.1, 0.15) is 12.6 Å². The van der Waals surface area contributed by atoms with E-state index in [-0.39, 0.29) is 24.8 Å². The normalized spacial score (nSPS) is 15.0. The maximum Gasteiger partial charge on any atom is 0.325 e. The van der Waals surface area contributed by atoms with Crippen LogP contribution in [0.3, 0.4) is 0 Å². The first-order valence-electron chi connectivity index (χ1n) is 15.0. The van der Waals surface area contributed by atoms with Gasteiger partial charge in [0, 0.05) is 36.3 Å². The summed E-state index contributed by atoms with van der Waals surface area (Å²) < 4.78 is 1.25. The number of carboxylic acids is 1. The molecule has 5 N–H and O–H groups in total. The maximum atomic E-state index is 14.0. The number of nitrogens with zero attached hydrogens (tertiary/aromatic N) is 5. The van der Waals surface area contributed by atoms with Gasteiger partial charge in [-0.25, -0.2) is 4.68 Å². The number of hydrogen-bond acceptors (Lipinski definition) is 8. The molecule has 1 aliphatic heterocycles. The first kappa shape index (κ1) is 31.5. The highest BCUT2D eigenvalue weighted by Crippen LogP contribution is 2.32. The Hall–Kier alpha value is -4.94. The zero-order valence-electron chi connectivity index (χ0n) is 25.4. The molecule has 5 rings (SSSR count). The molecule has 3 aromatic carbocycles. The van der Waals surface area contributed by atoms with E-state index in [1.54, 1.807) is 4.90 Å². The number of amides is 2. The van der Waals surface area contributed by atoms with Crippen LogP contribution in [0.5, 0.6) is 0 Å². The van der Waals surface area contributed by atoms with Crippen LogP contribution in [0, 0.1) is 0 Å². The van der Waals surface area contributed by atoms with E-state index in [2.05, 4.69) is 26.2 Å². The highest BCUT2D eigenvalue weighted by atomic mass is 16.4. The quantitative estimate of drug-likeness (QED) is 0.188. The van der Waals surface area contributed by atoms with Crippen molar-refractivity contribution >= 4 is 23.5 Å². The van der Waals surface area contributed by atoms with Gasteiger partial charge >= 0.3 is 5.97 Å². The van der Waals surface area contributed by atoms with Crippen molar-refractivity contribution in [2.75, 3.05) is 18.0 Å². The van der Waals surface area contributed by atoms with Crippen molar-refractivity contribution in [3.05, 3.63) is 83.9 Å². The van der Waals surface area contributed by atoms with E-state index in [1.165, 1.54) is 4.68 Å². The molecule has 0 saturated carbocycles. The standard InChI is InChI=1S/C33H38N8O4/c1-33(2,35-18-17-34)19-29(42)36-27-16-15-24-7-3-6-10-28(24)40(32(27)45)20-22-11-13-23(14-12-22)25-8-4-5-9-26(25)31-37-38-39-41(31)21-30(43)44/h3-14,27,35H,15-21,34H2,1-2H3,(H,36,42)(H,43,44)/t27-/m1/s1. The third-order valence-electron chi connectivity index (χ3n) is 7.83. The van der Waals surface area contributed by atoms with Gasteiger partial charge in [0.2, 0.25) is 11.8 Å². The zero-order chi connectivity index (χ0) is 32.0. The minimum Gasteiger partial charge on any atom is -0.480 e. The van der Waals surface area contributed by atoms with Crippen LogP contribution in [0.2, 0.25) is 0 Å². The predicted molar refractivity (Wildman–Crippen MR) is 170 cm³/mol. The van der Waals surface area contributed by atoms with Crippen molar-refractivity contribution in [3.63, 3.8) is 0 Å². The molecule has 0 fully saturated rings. The van der Waals surface area contributed by atoms with Gasteiger partial charge in [0.15, 0.2) is 5.82 Å². The Morgan fingerprint density at radius 3 is 2.47 bits per heavy atom. The molecule has 0 spiro atoms. The number of nitrogens with one attached hydrogen (secondary N) is 2. The van der Waals surface area contributed by atoms with Crippen LogP contribution in [0.4, 0.5) is 5.69 Å². The molecule has 12 nitrogen and oxygen atoms in total. The lowest BCUT2D eigenvalue weighted by Crippen LogP contribution is -2.51. The molecular formula is C33H38N8O4. The molecular weight excluding hydrogens is 572 g/mol. The van der Waals surface area contributed by atoms with Crippen LogP contribution in [0.1, 0.15) is 37.8 Å².